The van der Waals surface area contributed by atoms with Gasteiger partial charge in [-0.3, -0.25) is 9.59 Å². The number of rotatable bonds is 6. The van der Waals surface area contributed by atoms with Gasteiger partial charge in [-0.1, -0.05) is 17.7 Å². The third-order valence-corrected chi connectivity index (χ3v) is 7.43. The lowest BCUT2D eigenvalue weighted by Gasteiger charge is -2.20. The number of hydrogen-bond donors (Lipinski definition) is 2. The number of nitrogens with zero attached hydrogens (tertiary/aromatic N) is 2. The molecular formula is C27H29ClN4O5S. The molecule has 3 N–H and O–H groups in total. The Morgan fingerprint density at radius 2 is 1.76 bits per heavy atom. The lowest BCUT2D eigenvalue weighted by molar-refractivity contribution is 0.570. The first kappa shape index (κ1) is 27.6. The van der Waals surface area contributed by atoms with E-state index in [9.17, 15) is 18.0 Å². The molecule has 3 aromatic heterocycles. The van der Waals surface area contributed by atoms with E-state index in [-0.39, 0.29) is 27.9 Å². The number of aromatic nitrogens is 2. The van der Waals surface area contributed by atoms with E-state index in [1.54, 1.807) is 43.7 Å². The number of pyridine rings is 2. The minimum absolute atomic E-state index is 0.0163. The SMILES string of the molecule is Cc1cc([C@@H](C)Nc2ccc(Cl)nc2S(N)(=O)=O)c2oc(-c3cc(C)c(=O)n(C(C)C)c3)c(C)c(=O)c2c1. The zero-order valence-electron chi connectivity index (χ0n) is 21.9. The van der Waals surface area contributed by atoms with Gasteiger partial charge >= 0.3 is 0 Å². The number of primary sulfonamides is 1. The summed E-state index contributed by atoms with van der Waals surface area (Å²) >= 11 is 5.90. The van der Waals surface area contributed by atoms with Gasteiger partial charge in [-0.05, 0) is 71.4 Å². The van der Waals surface area contributed by atoms with Gasteiger partial charge in [0.1, 0.15) is 16.5 Å². The van der Waals surface area contributed by atoms with Crippen molar-refractivity contribution in [2.45, 2.75) is 58.7 Å². The maximum atomic E-state index is 13.5. The Kier molecular flexibility index (Phi) is 7.26. The maximum absolute atomic E-state index is 13.5. The molecule has 0 amide bonds. The Hall–Kier alpha value is -3.47. The fourth-order valence-corrected chi connectivity index (χ4v) is 5.33. The molecule has 4 aromatic rings. The van der Waals surface area contributed by atoms with E-state index in [2.05, 4.69) is 10.3 Å². The van der Waals surface area contributed by atoms with E-state index in [0.717, 1.165) is 5.56 Å². The first-order valence-electron chi connectivity index (χ1n) is 12.0. The number of hydrogen-bond acceptors (Lipinski definition) is 7. The highest BCUT2D eigenvalue weighted by molar-refractivity contribution is 7.89. The number of benzene rings is 1. The van der Waals surface area contributed by atoms with E-state index in [0.29, 0.717) is 39.0 Å². The first-order chi connectivity index (χ1) is 17.7. The van der Waals surface area contributed by atoms with Crippen LogP contribution < -0.4 is 21.4 Å². The minimum atomic E-state index is -4.17. The van der Waals surface area contributed by atoms with Gasteiger partial charge in [-0.15, -0.1) is 0 Å². The smallest absolute Gasteiger partial charge is 0.257 e. The fraction of sp³-hybridized carbons (Fsp3) is 0.296. The van der Waals surface area contributed by atoms with Crippen LogP contribution in [0.1, 0.15) is 55.1 Å². The summed E-state index contributed by atoms with van der Waals surface area (Å²) in [7, 11) is -4.17. The molecule has 38 heavy (non-hydrogen) atoms. The van der Waals surface area contributed by atoms with Gasteiger partial charge in [0.15, 0.2) is 10.5 Å². The lowest BCUT2D eigenvalue weighted by Crippen LogP contribution is -2.23. The molecule has 0 aliphatic heterocycles. The molecule has 0 bridgehead atoms. The highest BCUT2D eigenvalue weighted by Gasteiger charge is 2.23. The van der Waals surface area contributed by atoms with Gasteiger partial charge in [0.05, 0.1) is 17.1 Å². The van der Waals surface area contributed by atoms with Gasteiger partial charge < -0.3 is 14.3 Å². The number of nitrogens with one attached hydrogen (secondary N) is 1. The lowest BCUT2D eigenvalue weighted by atomic mass is 9.99. The average molecular weight is 557 g/mol. The molecule has 9 nitrogen and oxygen atoms in total. The number of nitrogens with two attached hydrogens (primary N) is 1. The van der Waals surface area contributed by atoms with Gasteiger partial charge in [-0.25, -0.2) is 18.5 Å². The minimum Gasteiger partial charge on any atom is -0.455 e. The van der Waals surface area contributed by atoms with Crippen LogP contribution >= 0.6 is 11.6 Å². The second-order valence-corrected chi connectivity index (χ2v) is 11.6. The fourth-order valence-electron chi connectivity index (χ4n) is 4.47. The van der Waals surface area contributed by atoms with Crippen molar-refractivity contribution >= 4 is 38.3 Å². The molecule has 0 saturated carbocycles. The quantitative estimate of drug-likeness (QED) is 0.319. The molecule has 0 aliphatic rings. The predicted octanol–water partition coefficient (Wildman–Crippen LogP) is 5.00. The van der Waals surface area contributed by atoms with Gasteiger partial charge in [0, 0.05) is 34.5 Å². The summed E-state index contributed by atoms with van der Waals surface area (Å²) in [5.74, 6) is 0.357. The van der Waals surface area contributed by atoms with Crippen molar-refractivity contribution in [3.05, 3.63) is 84.5 Å². The molecule has 11 heteroatoms. The molecule has 3 heterocycles. The van der Waals surface area contributed by atoms with E-state index in [4.69, 9.17) is 21.2 Å². The standard InChI is InChI=1S/C27H29ClN4O5S/c1-13(2)32-12-18(11-15(4)27(32)34)24-16(5)23(33)20-10-14(3)9-19(25(20)37-24)17(6)30-21-7-8-22(28)31-26(21)38(29,35)36/h7-13,17,30H,1-6H3,(H2,29,35,36)/t17-/m1/s1. The molecule has 0 aliphatic carbocycles. The molecule has 1 aromatic carbocycles. The molecule has 0 unspecified atom stereocenters. The molecule has 0 spiro atoms. The van der Waals surface area contributed by atoms with Crippen molar-refractivity contribution in [2.24, 2.45) is 5.14 Å². The van der Waals surface area contributed by atoms with Crippen LogP contribution in [0.3, 0.4) is 0 Å². The van der Waals surface area contributed by atoms with Gasteiger partial charge in [-0.2, -0.15) is 0 Å². The van der Waals surface area contributed by atoms with Crippen LogP contribution in [0.25, 0.3) is 22.3 Å². The van der Waals surface area contributed by atoms with Crippen LogP contribution in [0.5, 0.6) is 0 Å². The van der Waals surface area contributed by atoms with Crippen LogP contribution in [0.2, 0.25) is 5.15 Å². The predicted molar refractivity (Wildman–Crippen MR) is 149 cm³/mol. The van der Waals surface area contributed by atoms with E-state index < -0.39 is 21.1 Å². The molecule has 0 radical (unpaired) electrons. The topological polar surface area (TPSA) is 137 Å². The van der Waals surface area contributed by atoms with Crippen molar-refractivity contribution in [3.63, 3.8) is 0 Å². The number of halogens is 1. The van der Waals surface area contributed by atoms with E-state index >= 15 is 0 Å². The van der Waals surface area contributed by atoms with Crippen molar-refractivity contribution in [2.75, 3.05) is 5.32 Å². The Morgan fingerprint density at radius 3 is 2.39 bits per heavy atom. The summed E-state index contributed by atoms with van der Waals surface area (Å²) in [6.45, 7) is 10.9. The molecule has 1 atom stereocenters. The zero-order valence-corrected chi connectivity index (χ0v) is 23.5. The summed E-state index contributed by atoms with van der Waals surface area (Å²) in [4.78, 5) is 30.0. The van der Waals surface area contributed by atoms with E-state index in [1.807, 2.05) is 26.8 Å². The maximum Gasteiger partial charge on any atom is 0.257 e. The highest BCUT2D eigenvalue weighted by Crippen LogP contribution is 2.33. The summed E-state index contributed by atoms with van der Waals surface area (Å²) in [5.41, 5.74) is 3.21. The number of sulfonamides is 1. The summed E-state index contributed by atoms with van der Waals surface area (Å²) in [5, 5.41) is 8.47. The van der Waals surface area contributed by atoms with Crippen LogP contribution in [0, 0.1) is 20.8 Å². The normalized spacial score (nSPS) is 12.8. The van der Waals surface area contributed by atoms with Crippen LogP contribution in [-0.2, 0) is 10.0 Å². The van der Waals surface area contributed by atoms with Gasteiger partial charge in [0.25, 0.3) is 15.6 Å². The molecule has 0 fully saturated rings. The largest absolute Gasteiger partial charge is 0.455 e. The van der Waals surface area contributed by atoms with Crippen LogP contribution in [0.15, 0.2) is 55.6 Å². The third kappa shape index (κ3) is 5.11. The van der Waals surface area contributed by atoms with Crippen molar-refractivity contribution in [1.29, 1.82) is 0 Å². The number of anilines is 1. The second kappa shape index (κ2) is 10.0. The first-order valence-corrected chi connectivity index (χ1v) is 13.9. The summed E-state index contributed by atoms with van der Waals surface area (Å²) in [6.07, 6.45) is 1.70. The number of fused-ring (bicyclic) bond motifs is 1. The monoisotopic (exact) mass is 556 g/mol. The Labute approximate surface area is 225 Å². The van der Waals surface area contributed by atoms with Gasteiger partial charge in [0.2, 0.25) is 0 Å². The highest BCUT2D eigenvalue weighted by atomic mass is 35.5. The Morgan fingerprint density at radius 1 is 1.08 bits per heavy atom. The molecule has 4 rings (SSSR count). The van der Waals surface area contributed by atoms with E-state index in [1.165, 1.54) is 12.1 Å². The zero-order chi connectivity index (χ0) is 28.1. The molecule has 200 valence electrons. The van der Waals surface area contributed by atoms with Crippen LogP contribution in [-0.4, -0.2) is 18.0 Å². The molecular weight excluding hydrogens is 528 g/mol. The van der Waals surface area contributed by atoms with Crippen LogP contribution in [0.4, 0.5) is 5.69 Å². The Bertz CT molecular complexity index is 1810. The second-order valence-electron chi connectivity index (χ2n) is 9.73. The Balaban J connectivity index is 1.94. The summed E-state index contributed by atoms with van der Waals surface area (Å²) in [6, 6.07) is 7.66. The molecule has 0 saturated heterocycles. The third-order valence-electron chi connectivity index (χ3n) is 6.37. The van der Waals surface area contributed by atoms with Crippen molar-refractivity contribution in [3.8, 4) is 11.3 Å². The summed E-state index contributed by atoms with van der Waals surface area (Å²) < 4.78 is 32.3. The van der Waals surface area contributed by atoms with Crippen molar-refractivity contribution < 1.29 is 12.8 Å². The average Bonchev–Trinajstić information content (AvgIpc) is 2.83. The number of aryl methyl sites for hydroxylation is 2. The van der Waals surface area contributed by atoms with Crippen molar-refractivity contribution in [1.82, 2.24) is 9.55 Å².